The van der Waals surface area contributed by atoms with Crippen LogP contribution in [0.4, 0.5) is 0 Å². The lowest BCUT2D eigenvalue weighted by Crippen LogP contribution is -2.55. The third-order valence-corrected chi connectivity index (χ3v) is 5.54. The second-order valence-corrected chi connectivity index (χ2v) is 7.12. The molecule has 1 heterocycles. The van der Waals surface area contributed by atoms with Gasteiger partial charge in [0.1, 0.15) is 0 Å². The number of carbonyl (C=O) groups excluding carboxylic acids is 1. The minimum absolute atomic E-state index is 0.246. The molecule has 0 radical (unpaired) electrons. The lowest BCUT2D eigenvalue weighted by molar-refractivity contribution is -0.127. The molecule has 2 unspecified atom stereocenters. The maximum absolute atomic E-state index is 13.2. The van der Waals surface area contributed by atoms with Crippen LogP contribution in [0.5, 0.6) is 0 Å². The van der Waals surface area contributed by atoms with E-state index in [2.05, 4.69) is 48.7 Å². The molecule has 0 bridgehead atoms. The third-order valence-electron chi connectivity index (χ3n) is 5.54. The van der Waals surface area contributed by atoms with Gasteiger partial charge in [-0.3, -0.25) is 4.79 Å². The van der Waals surface area contributed by atoms with Gasteiger partial charge < -0.3 is 10.6 Å². The molecule has 3 rings (SSSR count). The second-order valence-electron chi connectivity index (χ2n) is 7.12. The summed E-state index contributed by atoms with van der Waals surface area (Å²) in [6.07, 6.45) is 6.50. The van der Waals surface area contributed by atoms with Gasteiger partial charge in [0.05, 0.1) is 5.41 Å². The number of hydrogen-bond acceptors (Lipinski definition) is 2. The quantitative estimate of drug-likeness (QED) is 0.901. The van der Waals surface area contributed by atoms with Crippen molar-refractivity contribution in [2.24, 2.45) is 0 Å². The number of nitrogens with one attached hydrogen (secondary N) is 2. The first-order chi connectivity index (χ1) is 10.6. The molecule has 22 heavy (non-hydrogen) atoms. The van der Waals surface area contributed by atoms with Crippen molar-refractivity contribution >= 4 is 5.91 Å². The highest BCUT2D eigenvalue weighted by Crippen LogP contribution is 2.41. The summed E-state index contributed by atoms with van der Waals surface area (Å²) in [6.45, 7) is 5.35. The zero-order chi connectivity index (χ0) is 15.6. The summed E-state index contributed by atoms with van der Waals surface area (Å²) in [5, 5.41) is 6.84. The van der Waals surface area contributed by atoms with Crippen molar-refractivity contribution in [2.75, 3.05) is 6.54 Å². The third kappa shape index (κ3) is 2.91. The molecule has 3 nitrogen and oxygen atoms in total. The van der Waals surface area contributed by atoms with Crippen LogP contribution in [0.25, 0.3) is 0 Å². The van der Waals surface area contributed by atoms with Crippen LogP contribution in [0.2, 0.25) is 0 Å². The average Bonchev–Trinajstić information content (AvgIpc) is 3.00. The molecule has 1 aliphatic carbocycles. The fraction of sp³-hybridized carbons (Fsp3) is 0.632. The van der Waals surface area contributed by atoms with Gasteiger partial charge in [0.15, 0.2) is 0 Å². The van der Waals surface area contributed by atoms with Crippen molar-refractivity contribution in [1.82, 2.24) is 10.6 Å². The highest BCUT2D eigenvalue weighted by molar-refractivity contribution is 5.89. The highest BCUT2D eigenvalue weighted by atomic mass is 16.2. The molecular weight excluding hydrogens is 272 g/mol. The van der Waals surface area contributed by atoms with Crippen molar-refractivity contribution < 1.29 is 4.79 Å². The molecule has 1 amide bonds. The van der Waals surface area contributed by atoms with E-state index in [1.54, 1.807) is 0 Å². The minimum Gasteiger partial charge on any atom is -0.351 e. The Balaban J connectivity index is 1.82. The molecule has 2 aliphatic rings. The van der Waals surface area contributed by atoms with Gasteiger partial charge in [0.25, 0.3) is 0 Å². The predicted molar refractivity (Wildman–Crippen MR) is 90.0 cm³/mol. The number of aryl methyl sites for hydroxylation is 1. The fourth-order valence-electron chi connectivity index (χ4n) is 4.12. The SMILES string of the molecule is Cc1cccc(C2(C(=O)NC3CCCNC3C)CCCC2)c1. The Kier molecular flexibility index (Phi) is 4.53. The normalized spacial score (nSPS) is 27.5. The lowest BCUT2D eigenvalue weighted by Gasteiger charge is -2.35. The molecule has 2 atom stereocenters. The topological polar surface area (TPSA) is 41.1 Å². The van der Waals surface area contributed by atoms with E-state index in [1.807, 2.05) is 0 Å². The minimum atomic E-state index is -0.302. The maximum atomic E-state index is 13.2. The van der Waals surface area contributed by atoms with Gasteiger partial charge in [-0.15, -0.1) is 0 Å². The Hall–Kier alpha value is -1.35. The Morgan fingerprint density at radius 2 is 2.05 bits per heavy atom. The summed E-state index contributed by atoms with van der Waals surface area (Å²) in [7, 11) is 0. The van der Waals surface area contributed by atoms with Crippen molar-refractivity contribution in [3.8, 4) is 0 Å². The summed E-state index contributed by atoms with van der Waals surface area (Å²) in [5.41, 5.74) is 2.15. The molecule has 2 fully saturated rings. The summed E-state index contributed by atoms with van der Waals surface area (Å²) < 4.78 is 0. The Bertz CT molecular complexity index is 534. The van der Waals surface area contributed by atoms with E-state index in [0.717, 1.165) is 45.1 Å². The van der Waals surface area contributed by atoms with Crippen LogP contribution in [-0.2, 0) is 10.2 Å². The summed E-state index contributed by atoms with van der Waals surface area (Å²) in [5.74, 6) is 0.246. The molecule has 120 valence electrons. The van der Waals surface area contributed by atoms with Crippen LogP contribution in [-0.4, -0.2) is 24.5 Å². The molecule has 1 aromatic carbocycles. The summed E-state index contributed by atoms with van der Waals surface area (Å²) in [4.78, 5) is 13.2. The van der Waals surface area contributed by atoms with E-state index in [0.29, 0.717) is 6.04 Å². The van der Waals surface area contributed by atoms with E-state index in [-0.39, 0.29) is 17.4 Å². The van der Waals surface area contributed by atoms with Crippen LogP contribution >= 0.6 is 0 Å². The van der Waals surface area contributed by atoms with Crippen LogP contribution in [0.3, 0.4) is 0 Å². The largest absolute Gasteiger partial charge is 0.351 e. The second kappa shape index (κ2) is 6.41. The van der Waals surface area contributed by atoms with Gasteiger partial charge in [-0.2, -0.15) is 0 Å². The van der Waals surface area contributed by atoms with Gasteiger partial charge >= 0.3 is 0 Å². The zero-order valence-electron chi connectivity index (χ0n) is 13.8. The van der Waals surface area contributed by atoms with E-state index in [9.17, 15) is 4.79 Å². The van der Waals surface area contributed by atoms with Crippen LogP contribution in [0.1, 0.15) is 56.6 Å². The molecule has 0 spiro atoms. The Morgan fingerprint density at radius 3 is 2.73 bits per heavy atom. The van der Waals surface area contributed by atoms with Gasteiger partial charge in [-0.25, -0.2) is 0 Å². The number of rotatable bonds is 3. The fourth-order valence-corrected chi connectivity index (χ4v) is 4.12. The van der Waals surface area contributed by atoms with Crippen molar-refractivity contribution in [2.45, 2.75) is 69.9 Å². The Morgan fingerprint density at radius 1 is 1.27 bits per heavy atom. The standard InChI is InChI=1S/C19H28N2O/c1-14-7-5-8-16(13-14)19(10-3-4-11-19)18(22)21-17-9-6-12-20-15(17)2/h5,7-8,13,15,17,20H,3-4,6,9-12H2,1-2H3,(H,21,22). The number of benzene rings is 1. The smallest absolute Gasteiger partial charge is 0.230 e. The number of carbonyl (C=O) groups is 1. The highest BCUT2D eigenvalue weighted by Gasteiger charge is 2.43. The molecule has 1 saturated carbocycles. The summed E-state index contributed by atoms with van der Waals surface area (Å²) >= 11 is 0. The lowest BCUT2D eigenvalue weighted by atomic mass is 9.77. The van der Waals surface area contributed by atoms with Crippen molar-refractivity contribution in [3.05, 3.63) is 35.4 Å². The summed E-state index contributed by atoms with van der Waals surface area (Å²) in [6, 6.07) is 9.17. The number of hydrogen-bond donors (Lipinski definition) is 2. The zero-order valence-corrected chi connectivity index (χ0v) is 13.8. The molecular formula is C19H28N2O. The Labute approximate surface area is 133 Å². The molecule has 0 aromatic heterocycles. The molecule has 2 N–H and O–H groups in total. The van der Waals surface area contributed by atoms with Gasteiger partial charge in [0, 0.05) is 12.1 Å². The van der Waals surface area contributed by atoms with Crippen molar-refractivity contribution in [1.29, 1.82) is 0 Å². The van der Waals surface area contributed by atoms with Crippen molar-refractivity contribution in [3.63, 3.8) is 0 Å². The van der Waals surface area contributed by atoms with Gasteiger partial charge in [-0.1, -0.05) is 42.7 Å². The van der Waals surface area contributed by atoms with Gasteiger partial charge in [-0.05, 0) is 51.6 Å². The van der Waals surface area contributed by atoms with Crippen LogP contribution < -0.4 is 10.6 Å². The maximum Gasteiger partial charge on any atom is 0.230 e. The average molecular weight is 300 g/mol. The first kappa shape index (κ1) is 15.5. The van der Waals surface area contributed by atoms with E-state index < -0.39 is 0 Å². The van der Waals surface area contributed by atoms with Crippen LogP contribution in [0.15, 0.2) is 24.3 Å². The first-order valence-corrected chi connectivity index (χ1v) is 8.73. The molecule has 1 saturated heterocycles. The predicted octanol–water partition coefficient (Wildman–Crippen LogP) is 3.06. The monoisotopic (exact) mass is 300 g/mol. The first-order valence-electron chi connectivity index (χ1n) is 8.73. The van der Waals surface area contributed by atoms with E-state index in [1.165, 1.54) is 11.1 Å². The molecule has 1 aromatic rings. The van der Waals surface area contributed by atoms with Crippen LogP contribution in [0, 0.1) is 6.92 Å². The number of amides is 1. The van der Waals surface area contributed by atoms with E-state index in [4.69, 9.17) is 0 Å². The van der Waals surface area contributed by atoms with Gasteiger partial charge in [0.2, 0.25) is 5.91 Å². The molecule has 3 heteroatoms. The number of piperidine rings is 1. The van der Waals surface area contributed by atoms with E-state index >= 15 is 0 Å². The molecule has 1 aliphatic heterocycles.